The number of para-hydroxylation sites is 1. The quantitative estimate of drug-likeness (QED) is 0.660. The van der Waals surface area contributed by atoms with Gasteiger partial charge >= 0.3 is 0 Å². The van der Waals surface area contributed by atoms with Gasteiger partial charge in [0.1, 0.15) is 11.4 Å². The topological polar surface area (TPSA) is 24.4 Å². The van der Waals surface area contributed by atoms with E-state index < -0.39 is 5.54 Å². The third-order valence-corrected chi connectivity index (χ3v) is 4.75. The van der Waals surface area contributed by atoms with E-state index in [1.165, 1.54) is 11.1 Å². The lowest BCUT2D eigenvalue weighted by Gasteiger charge is -2.34. The van der Waals surface area contributed by atoms with Crippen molar-refractivity contribution in [3.05, 3.63) is 101 Å². The molecule has 118 valence electrons. The summed E-state index contributed by atoms with van der Waals surface area (Å²) in [5.41, 5.74) is 4.03. The number of hydrogen-bond donors (Lipinski definition) is 1. The lowest BCUT2D eigenvalue weighted by atomic mass is 9.83. The maximum absolute atomic E-state index is 6.02. The molecule has 4 rings (SSSR count). The van der Waals surface area contributed by atoms with Gasteiger partial charge in [0.15, 0.2) is 0 Å². The number of anilines is 1. The Kier molecular flexibility index (Phi) is 3.62. The molecule has 1 atom stereocenters. The van der Waals surface area contributed by atoms with Gasteiger partial charge in [0.2, 0.25) is 0 Å². The number of aliphatic imine (C=N–C) groups is 1. The molecule has 1 unspecified atom stereocenters. The third kappa shape index (κ3) is 2.49. The third-order valence-electron chi connectivity index (χ3n) is 4.49. The van der Waals surface area contributed by atoms with Gasteiger partial charge in [0.25, 0.3) is 0 Å². The number of fused-ring (bicyclic) bond motifs is 1. The molecule has 1 aliphatic rings. The van der Waals surface area contributed by atoms with Crippen molar-refractivity contribution in [3.8, 4) is 0 Å². The zero-order chi connectivity index (χ0) is 16.6. The van der Waals surface area contributed by atoms with Crippen LogP contribution in [0.25, 0.3) is 0 Å². The van der Waals surface area contributed by atoms with Crippen molar-refractivity contribution in [3.63, 3.8) is 0 Å². The first-order chi connectivity index (χ1) is 11.7. The van der Waals surface area contributed by atoms with Gasteiger partial charge in [-0.3, -0.25) is 4.99 Å². The number of hydrogen-bond acceptors (Lipinski definition) is 2. The van der Waals surface area contributed by atoms with Gasteiger partial charge in [-0.1, -0.05) is 60.1 Å². The van der Waals surface area contributed by atoms with Crippen LogP contribution in [0, 0.1) is 0 Å². The van der Waals surface area contributed by atoms with Crippen LogP contribution in [0.15, 0.2) is 83.9 Å². The molecule has 0 amide bonds. The number of nitrogens with zero attached hydrogens (tertiary/aromatic N) is 1. The second-order valence-electron chi connectivity index (χ2n) is 6.08. The summed E-state index contributed by atoms with van der Waals surface area (Å²) in [5.74, 6) is 0.858. The second kappa shape index (κ2) is 5.81. The summed E-state index contributed by atoms with van der Waals surface area (Å²) in [7, 11) is 0. The monoisotopic (exact) mass is 332 g/mol. The number of halogens is 1. The highest BCUT2D eigenvalue weighted by Gasteiger charge is 2.34. The van der Waals surface area contributed by atoms with E-state index in [0.717, 1.165) is 22.1 Å². The van der Waals surface area contributed by atoms with Crippen LogP contribution in [-0.4, -0.2) is 5.84 Å². The molecular weight excluding hydrogens is 316 g/mol. The van der Waals surface area contributed by atoms with Crippen molar-refractivity contribution >= 4 is 23.1 Å². The zero-order valence-corrected chi connectivity index (χ0v) is 14.1. The van der Waals surface area contributed by atoms with Crippen molar-refractivity contribution < 1.29 is 0 Å². The minimum atomic E-state index is -0.432. The average molecular weight is 333 g/mol. The molecule has 24 heavy (non-hydrogen) atoms. The highest BCUT2D eigenvalue weighted by atomic mass is 35.5. The van der Waals surface area contributed by atoms with Crippen molar-refractivity contribution in [2.75, 3.05) is 5.32 Å². The van der Waals surface area contributed by atoms with E-state index in [1.54, 1.807) is 0 Å². The Bertz CT molecular complexity index is 901. The highest BCUT2D eigenvalue weighted by Crippen LogP contribution is 2.41. The number of amidine groups is 1. The Morgan fingerprint density at radius 3 is 2.25 bits per heavy atom. The molecule has 1 N–H and O–H groups in total. The number of rotatable bonds is 2. The maximum atomic E-state index is 6.02. The Hall–Kier alpha value is -2.58. The van der Waals surface area contributed by atoms with Crippen LogP contribution in [0.1, 0.15) is 23.6 Å². The number of benzene rings is 3. The Balaban J connectivity index is 1.91. The first-order valence-electron chi connectivity index (χ1n) is 7.95. The SMILES string of the molecule is CC1(c2ccccc2)N=C(c2ccc(Cl)cc2)Nc2ccccc21. The van der Waals surface area contributed by atoms with Crippen LogP contribution in [0.4, 0.5) is 5.69 Å². The summed E-state index contributed by atoms with van der Waals surface area (Å²) in [6.45, 7) is 2.16. The fraction of sp³-hybridized carbons (Fsp3) is 0.0952. The predicted octanol–water partition coefficient (Wildman–Crippen LogP) is 5.48. The van der Waals surface area contributed by atoms with Crippen LogP contribution in [0.3, 0.4) is 0 Å². The summed E-state index contributed by atoms with van der Waals surface area (Å²) >= 11 is 6.02. The average Bonchev–Trinajstić information content (AvgIpc) is 2.63. The molecule has 0 aromatic heterocycles. The molecule has 3 aromatic rings. The van der Waals surface area contributed by atoms with Gasteiger partial charge in [-0.2, -0.15) is 0 Å². The van der Waals surface area contributed by atoms with E-state index in [4.69, 9.17) is 16.6 Å². The summed E-state index contributed by atoms with van der Waals surface area (Å²) < 4.78 is 0. The molecule has 0 radical (unpaired) electrons. The van der Waals surface area contributed by atoms with Crippen molar-refractivity contribution in [1.82, 2.24) is 0 Å². The molecule has 0 aliphatic carbocycles. The fourth-order valence-corrected chi connectivity index (χ4v) is 3.31. The fourth-order valence-electron chi connectivity index (χ4n) is 3.18. The normalized spacial score (nSPS) is 19.2. The lowest BCUT2D eigenvalue weighted by Crippen LogP contribution is -2.32. The van der Waals surface area contributed by atoms with Crippen LogP contribution < -0.4 is 5.32 Å². The molecule has 3 aromatic carbocycles. The Morgan fingerprint density at radius 2 is 1.50 bits per heavy atom. The first kappa shape index (κ1) is 15.0. The van der Waals surface area contributed by atoms with Gasteiger partial charge in [0, 0.05) is 21.8 Å². The van der Waals surface area contributed by atoms with Crippen LogP contribution in [0.5, 0.6) is 0 Å². The molecule has 2 nitrogen and oxygen atoms in total. The highest BCUT2D eigenvalue weighted by molar-refractivity contribution is 6.30. The molecular formula is C21H17ClN2. The number of nitrogens with one attached hydrogen (secondary N) is 1. The predicted molar refractivity (Wildman–Crippen MR) is 101 cm³/mol. The van der Waals surface area contributed by atoms with E-state index in [-0.39, 0.29) is 0 Å². The van der Waals surface area contributed by atoms with E-state index in [9.17, 15) is 0 Å². The first-order valence-corrected chi connectivity index (χ1v) is 8.32. The maximum Gasteiger partial charge on any atom is 0.134 e. The Labute approximate surface area is 146 Å². The van der Waals surface area contributed by atoms with Gasteiger partial charge in [-0.05, 0) is 42.8 Å². The van der Waals surface area contributed by atoms with Crippen molar-refractivity contribution in [2.45, 2.75) is 12.5 Å². The molecule has 0 saturated heterocycles. The largest absolute Gasteiger partial charge is 0.340 e. The van der Waals surface area contributed by atoms with Gasteiger partial charge in [0.05, 0.1) is 0 Å². The molecule has 3 heteroatoms. The Morgan fingerprint density at radius 1 is 0.833 bits per heavy atom. The van der Waals surface area contributed by atoms with Gasteiger partial charge in [-0.25, -0.2) is 0 Å². The lowest BCUT2D eigenvalue weighted by molar-refractivity contribution is 0.603. The molecule has 0 saturated carbocycles. The van der Waals surface area contributed by atoms with E-state index in [1.807, 2.05) is 36.4 Å². The van der Waals surface area contributed by atoms with E-state index in [0.29, 0.717) is 0 Å². The van der Waals surface area contributed by atoms with Crippen molar-refractivity contribution in [2.24, 2.45) is 4.99 Å². The molecule has 1 heterocycles. The summed E-state index contributed by atoms with van der Waals surface area (Å²) in [4.78, 5) is 5.09. The molecule has 0 bridgehead atoms. The minimum absolute atomic E-state index is 0.432. The van der Waals surface area contributed by atoms with Crippen LogP contribution >= 0.6 is 11.6 Å². The molecule has 1 aliphatic heterocycles. The van der Waals surface area contributed by atoms with E-state index >= 15 is 0 Å². The standard InChI is InChI=1S/C21H17ClN2/c1-21(16-7-3-2-4-8-16)18-9-5-6-10-19(18)23-20(24-21)15-11-13-17(22)14-12-15/h2-14H,1H3,(H,23,24). The molecule has 0 spiro atoms. The van der Waals surface area contributed by atoms with E-state index in [2.05, 4.69) is 54.7 Å². The zero-order valence-electron chi connectivity index (χ0n) is 13.3. The summed E-state index contributed by atoms with van der Waals surface area (Å²) in [5, 5.41) is 4.19. The van der Waals surface area contributed by atoms with Crippen LogP contribution in [-0.2, 0) is 5.54 Å². The summed E-state index contributed by atoms with van der Waals surface area (Å²) in [6, 6.07) is 26.5. The second-order valence-corrected chi connectivity index (χ2v) is 6.51. The van der Waals surface area contributed by atoms with Gasteiger partial charge in [-0.15, -0.1) is 0 Å². The van der Waals surface area contributed by atoms with Crippen molar-refractivity contribution in [1.29, 1.82) is 0 Å². The van der Waals surface area contributed by atoms with Crippen LogP contribution in [0.2, 0.25) is 5.02 Å². The smallest absolute Gasteiger partial charge is 0.134 e. The molecule has 0 fully saturated rings. The van der Waals surface area contributed by atoms with Gasteiger partial charge < -0.3 is 5.32 Å². The minimum Gasteiger partial charge on any atom is -0.340 e. The summed E-state index contributed by atoms with van der Waals surface area (Å²) in [6.07, 6.45) is 0.